The molecule has 0 N–H and O–H groups in total. The molecule has 2 amide bonds. The smallest absolute Gasteiger partial charge is 0.227 e. The molecule has 3 heterocycles. The van der Waals surface area contributed by atoms with Gasteiger partial charge in [0.1, 0.15) is 0 Å². The number of carbonyl (C=O) groups is 2. The van der Waals surface area contributed by atoms with E-state index in [4.69, 9.17) is 0 Å². The lowest BCUT2D eigenvalue weighted by Gasteiger charge is -2.34. The highest BCUT2D eigenvalue weighted by Crippen LogP contribution is 2.22. The molecule has 6 nitrogen and oxygen atoms in total. The highest BCUT2D eigenvalue weighted by molar-refractivity contribution is 7.13. The van der Waals surface area contributed by atoms with Crippen LogP contribution < -0.4 is 4.90 Å². The first kappa shape index (κ1) is 16.2. The van der Waals surface area contributed by atoms with Crippen molar-refractivity contribution in [2.24, 2.45) is 5.92 Å². The van der Waals surface area contributed by atoms with Crippen molar-refractivity contribution in [1.82, 2.24) is 14.8 Å². The van der Waals surface area contributed by atoms with Crippen LogP contribution in [0.1, 0.15) is 26.2 Å². The molecule has 0 saturated carbocycles. The lowest BCUT2D eigenvalue weighted by Crippen LogP contribution is -2.47. The molecule has 2 aliphatic heterocycles. The van der Waals surface area contributed by atoms with Gasteiger partial charge in [-0.3, -0.25) is 9.59 Å². The Balaban J connectivity index is 1.58. The first-order chi connectivity index (χ1) is 11.1. The SMILES string of the molecule is CC(=O)N1CCC[C@H](C(=O)N2CCCN(c3nccs3)CC2)C1. The number of carbonyl (C=O) groups excluding carboxylic acids is 2. The van der Waals surface area contributed by atoms with Gasteiger partial charge in [0.15, 0.2) is 5.13 Å². The second-order valence-electron chi connectivity index (χ2n) is 6.28. The number of hydrogen-bond donors (Lipinski definition) is 0. The van der Waals surface area contributed by atoms with Crippen molar-refractivity contribution in [1.29, 1.82) is 0 Å². The molecule has 1 aromatic rings. The molecule has 1 atom stereocenters. The Morgan fingerprint density at radius 2 is 1.96 bits per heavy atom. The number of thiazole rings is 1. The first-order valence-corrected chi connectivity index (χ1v) is 9.22. The van der Waals surface area contributed by atoms with Crippen molar-refractivity contribution in [3.63, 3.8) is 0 Å². The van der Waals surface area contributed by atoms with Gasteiger partial charge < -0.3 is 14.7 Å². The van der Waals surface area contributed by atoms with Crippen LogP contribution in [-0.2, 0) is 9.59 Å². The highest BCUT2D eigenvalue weighted by Gasteiger charge is 2.31. The molecular formula is C16H24N4O2S. The van der Waals surface area contributed by atoms with Crippen LogP contribution in [0.5, 0.6) is 0 Å². The molecule has 0 aromatic carbocycles. The van der Waals surface area contributed by atoms with Crippen LogP contribution in [0.3, 0.4) is 0 Å². The zero-order valence-corrected chi connectivity index (χ0v) is 14.4. The van der Waals surface area contributed by atoms with Crippen molar-refractivity contribution in [3.05, 3.63) is 11.6 Å². The molecule has 0 spiro atoms. The van der Waals surface area contributed by atoms with Crippen LogP contribution in [0, 0.1) is 5.92 Å². The zero-order valence-electron chi connectivity index (χ0n) is 13.6. The standard InChI is InChI=1S/C16H24N4O2S/c1-13(21)20-6-2-4-14(12-20)15(22)18-7-3-8-19(10-9-18)16-17-5-11-23-16/h5,11,14H,2-4,6-10,12H2,1H3/t14-/m0/s1. The topological polar surface area (TPSA) is 56.8 Å². The summed E-state index contributed by atoms with van der Waals surface area (Å²) in [6, 6.07) is 0. The Kier molecular flexibility index (Phi) is 5.15. The summed E-state index contributed by atoms with van der Waals surface area (Å²) in [5.74, 6) is 0.268. The summed E-state index contributed by atoms with van der Waals surface area (Å²) in [4.78, 5) is 34.8. The van der Waals surface area contributed by atoms with Gasteiger partial charge >= 0.3 is 0 Å². The van der Waals surface area contributed by atoms with Crippen LogP contribution >= 0.6 is 11.3 Å². The van der Waals surface area contributed by atoms with Gasteiger partial charge in [0.2, 0.25) is 11.8 Å². The Hall–Kier alpha value is -1.63. The molecule has 126 valence electrons. The average Bonchev–Trinajstić information content (AvgIpc) is 2.99. The molecule has 0 aliphatic carbocycles. The maximum Gasteiger partial charge on any atom is 0.227 e. The lowest BCUT2D eigenvalue weighted by atomic mass is 9.96. The fourth-order valence-electron chi connectivity index (χ4n) is 3.42. The van der Waals surface area contributed by atoms with Crippen LogP contribution in [0.15, 0.2) is 11.6 Å². The van der Waals surface area contributed by atoms with Crippen molar-refractivity contribution in [2.75, 3.05) is 44.2 Å². The van der Waals surface area contributed by atoms with E-state index in [0.717, 1.165) is 57.1 Å². The Morgan fingerprint density at radius 1 is 1.13 bits per heavy atom. The minimum absolute atomic E-state index is 0.0286. The molecule has 1 aromatic heterocycles. The van der Waals surface area contributed by atoms with Crippen LogP contribution in [-0.4, -0.2) is 65.9 Å². The predicted molar refractivity (Wildman–Crippen MR) is 90.5 cm³/mol. The quantitative estimate of drug-likeness (QED) is 0.820. The third-order valence-electron chi connectivity index (χ3n) is 4.71. The summed E-state index contributed by atoms with van der Waals surface area (Å²) in [6.07, 6.45) is 4.62. The summed E-state index contributed by atoms with van der Waals surface area (Å²) < 4.78 is 0. The summed E-state index contributed by atoms with van der Waals surface area (Å²) in [7, 11) is 0. The number of nitrogens with zero attached hydrogens (tertiary/aromatic N) is 4. The van der Waals surface area contributed by atoms with E-state index in [2.05, 4.69) is 9.88 Å². The molecule has 2 aliphatic rings. The molecule has 3 rings (SSSR count). The van der Waals surface area contributed by atoms with Gasteiger partial charge in [-0.15, -0.1) is 11.3 Å². The summed E-state index contributed by atoms with van der Waals surface area (Å²) >= 11 is 1.65. The van der Waals surface area contributed by atoms with E-state index in [9.17, 15) is 9.59 Å². The summed E-state index contributed by atoms with van der Waals surface area (Å²) in [5.41, 5.74) is 0. The predicted octanol–water partition coefficient (Wildman–Crippen LogP) is 1.44. The second-order valence-corrected chi connectivity index (χ2v) is 7.16. The van der Waals surface area contributed by atoms with E-state index in [1.54, 1.807) is 18.3 Å². The molecule has 2 fully saturated rings. The van der Waals surface area contributed by atoms with Gasteiger partial charge in [0.25, 0.3) is 0 Å². The van der Waals surface area contributed by atoms with E-state index < -0.39 is 0 Å². The normalized spacial score (nSPS) is 22.8. The molecular weight excluding hydrogens is 312 g/mol. The lowest BCUT2D eigenvalue weighted by molar-refractivity contribution is -0.140. The molecule has 0 radical (unpaired) electrons. The minimum atomic E-state index is -0.0286. The number of aromatic nitrogens is 1. The van der Waals surface area contributed by atoms with Crippen molar-refractivity contribution >= 4 is 28.3 Å². The van der Waals surface area contributed by atoms with E-state index in [0.29, 0.717) is 6.54 Å². The van der Waals surface area contributed by atoms with Crippen molar-refractivity contribution < 1.29 is 9.59 Å². The molecule has 2 saturated heterocycles. The van der Waals surface area contributed by atoms with Gasteiger partial charge in [-0.2, -0.15) is 0 Å². The fraction of sp³-hybridized carbons (Fsp3) is 0.688. The average molecular weight is 336 g/mol. The van der Waals surface area contributed by atoms with Crippen LogP contribution in [0.25, 0.3) is 0 Å². The van der Waals surface area contributed by atoms with Gasteiger partial charge in [0.05, 0.1) is 5.92 Å². The zero-order chi connectivity index (χ0) is 16.2. The van der Waals surface area contributed by atoms with Crippen LogP contribution in [0.2, 0.25) is 0 Å². The maximum absolute atomic E-state index is 12.8. The Morgan fingerprint density at radius 3 is 2.70 bits per heavy atom. The molecule has 0 bridgehead atoms. The van der Waals surface area contributed by atoms with Crippen LogP contribution in [0.4, 0.5) is 5.13 Å². The number of piperidine rings is 1. The van der Waals surface area contributed by atoms with Gasteiger partial charge in [-0.1, -0.05) is 0 Å². The van der Waals surface area contributed by atoms with Gasteiger partial charge in [-0.25, -0.2) is 4.98 Å². The monoisotopic (exact) mass is 336 g/mol. The number of hydrogen-bond acceptors (Lipinski definition) is 5. The second kappa shape index (κ2) is 7.29. The fourth-order valence-corrected chi connectivity index (χ4v) is 4.12. The Bertz CT molecular complexity index is 548. The van der Waals surface area contributed by atoms with E-state index >= 15 is 0 Å². The Labute approximate surface area is 141 Å². The summed E-state index contributed by atoms with van der Waals surface area (Å²) in [5, 5.41) is 3.03. The van der Waals surface area contributed by atoms with E-state index in [1.165, 1.54) is 0 Å². The minimum Gasteiger partial charge on any atom is -0.346 e. The number of rotatable bonds is 2. The van der Waals surface area contributed by atoms with Gasteiger partial charge in [-0.05, 0) is 19.3 Å². The first-order valence-electron chi connectivity index (χ1n) is 8.34. The highest BCUT2D eigenvalue weighted by atomic mass is 32.1. The number of amides is 2. The summed E-state index contributed by atoms with van der Waals surface area (Å²) in [6.45, 7) is 6.29. The maximum atomic E-state index is 12.8. The third kappa shape index (κ3) is 3.83. The third-order valence-corrected chi connectivity index (χ3v) is 5.55. The van der Waals surface area contributed by atoms with E-state index in [-0.39, 0.29) is 17.7 Å². The number of anilines is 1. The molecule has 7 heteroatoms. The largest absolute Gasteiger partial charge is 0.346 e. The van der Waals surface area contributed by atoms with Gasteiger partial charge in [0, 0.05) is 57.8 Å². The van der Waals surface area contributed by atoms with E-state index in [1.807, 2.05) is 21.4 Å². The molecule has 0 unspecified atom stereocenters. The molecule has 23 heavy (non-hydrogen) atoms. The van der Waals surface area contributed by atoms with Crippen molar-refractivity contribution in [3.8, 4) is 0 Å². The number of likely N-dealkylation sites (tertiary alicyclic amines) is 1. The van der Waals surface area contributed by atoms with Crippen molar-refractivity contribution in [2.45, 2.75) is 26.2 Å².